The van der Waals surface area contributed by atoms with Crippen LogP contribution < -0.4 is 0 Å². The van der Waals surface area contributed by atoms with Crippen LogP contribution in [0, 0.1) is 0 Å². The van der Waals surface area contributed by atoms with Gasteiger partial charge in [0.15, 0.2) is 0 Å². The molecule has 0 heterocycles. The maximum Gasteiger partial charge on any atom is 0.317 e. The Labute approximate surface area is 115 Å². The molecule has 0 aromatic heterocycles. The maximum absolute atomic E-state index is 11.1. The SMILES string of the molecule is CCc1ccc(C(CC)N(CC(=O)O)C2CC2)cc1. The molecule has 0 spiro atoms. The molecule has 104 valence electrons. The number of rotatable bonds is 7. The summed E-state index contributed by atoms with van der Waals surface area (Å²) < 4.78 is 0. The molecule has 0 bridgehead atoms. The lowest BCUT2D eigenvalue weighted by Crippen LogP contribution is -2.35. The molecule has 19 heavy (non-hydrogen) atoms. The van der Waals surface area contributed by atoms with Gasteiger partial charge in [0.2, 0.25) is 0 Å². The first-order chi connectivity index (χ1) is 9.15. The van der Waals surface area contributed by atoms with E-state index in [0.717, 1.165) is 25.7 Å². The Kier molecular flexibility index (Phi) is 4.59. The third-order valence-corrected chi connectivity index (χ3v) is 3.89. The number of carboxylic acids is 1. The van der Waals surface area contributed by atoms with Gasteiger partial charge in [-0.1, -0.05) is 38.1 Å². The third kappa shape index (κ3) is 3.57. The van der Waals surface area contributed by atoms with Crippen molar-refractivity contribution >= 4 is 5.97 Å². The van der Waals surface area contributed by atoms with Crippen LogP contribution in [0.15, 0.2) is 24.3 Å². The molecule has 0 radical (unpaired) electrons. The second-order valence-electron chi connectivity index (χ2n) is 5.32. The fourth-order valence-electron chi connectivity index (χ4n) is 2.69. The molecule has 0 saturated heterocycles. The number of nitrogens with zero attached hydrogens (tertiary/aromatic N) is 1. The summed E-state index contributed by atoms with van der Waals surface area (Å²) in [6.45, 7) is 4.43. The second kappa shape index (κ2) is 6.20. The number of benzene rings is 1. The lowest BCUT2D eigenvalue weighted by molar-refractivity contribution is -0.139. The van der Waals surface area contributed by atoms with Gasteiger partial charge in [-0.05, 0) is 36.8 Å². The first kappa shape index (κ1) is 14.1. The normalized spacial score (nSPS) is 16.6. The molecule has 0 aliphatic heterocycles. The van der Waals surface area contributed by atoms with Crippen LogP contribution in [-0.4, -0.2) is 28.6 Å². The molecule has 3 heteroatoms. The number of hydrogen-bond donors (Lipinski definition) is 1. The number of aryl methyl sites for hydroxylation is 1. The summed E-state index contributed by atoms with van der Waals surface area (Å²) in [5.41, 5.74) is 2.57. The zero-order valence-corrected chi connectivity index (χ0v) is 11.8. The monoisotopic (exact) mass is 261 g/mol. The standard InChI is InChI=1S/C16H23NO2/c1-3-12-5-7-13(8-6-12)15(4-2)17(11-16(18)19)14-9-10-14/h5-8,14-15H,3-4,9-11H2,1-2H3,(H,18,19). The van der Waals surface area contributed by atoms with Crippen molar-refractivity contribution in [3.05, 3.63) is 35.4 Å². The van der Waals surface area contributed by atoms with E-state index in [0.29, 0.717) is 6.04 Å². The van der Waals surface area contributed by atoms with Crippen LogP contribution in [0.25, 0.3) is 0 Å². The van der Waals surface area contributed by atoms with Gasteiger partial charge in [0.1, 0.15) is 0 Å². The minimum atomic E-state index is -0.726. The zero-order valence-electron chi connectivity index (χ0n) is 11.8. The molecule has 1 atom stereocenters. The van der Waals surface area contributed by atoms with Crippen LogP contribution in [0.5, 0.6) is 0 Å². The highest BCUT2D eigenvalue weighted by Crippen LogP contribution is 2.35. The summed E-state index contributed by atoms with van der Waals surface area (Å²) >= 11 is 0. The second-order valence-corrected chi connectivity index (χ2v) is 5.32. The Morgan fingerprint density at radius 2 is 1.95 bits per heavy atom. The van der Waals surface area contributed by atoms with E-state index in [1.165, 1.54) is 11.1 Å². The first-order valence-corrected chi connectivity index (χ1v) is 7.22. The molecule has 1 N–H and O–H groups in total. The van der Waals surface area contributed by atoms with Gasteiger partial charge >= 0.3 is 5.97 Å². The average molecular weight is 261 g/mol. The van der Waals surface area contributed by atoms with Crippen LogP contribution in [0.1, 0.15) is 50.3 Å². The van der Waals surface area contributed by atoms with E-state index < -0.39 is 5.97 Å². The maximum atomic E-state index is 11.1. The van der Waals surface area contributed by atoms with E-state index >= 15 is 0 Å². The fraction of sp³-hybridized carbons (Fsp3) is 0.562. The van der Waals surface area contributed by atoms with Gasteiger partial charge < -0.3 is 5.11 Å². The molecular formula is C16H23NO2. The Morgan fingerprint density at radius 3 is 2.37 bits per heavy atom. The highest BCUT2D eigenvalue weighted by Gasteiger charge is 2.35. The van der Waals surface area contributed by atoms with E-state index in [9.17, 15) is 4.79 Å². The number of carbonyl (C=O) groups is 1. The quantitative estimate of drug-likeness (QED) is 0.819. The first-order valence-electron chi connectivity index (χ1n) is 7.22. The zero-order chi connectivity index (χ0) is 13.8. The van der Waals surface area contributed by atoms with Crippen molar-refractivity contribution in [2.45, 2.75) is 51.6 Å². The van der Waals surface area contributed by atoms with Gasteiger partial charge in [0.25, 0.3) is 0 Å². The summed E-state index contributed by atoms with van der Waals surface area (Å²) in [5.74, 6) is -0.726. The minimum absolute atomic E-state index is 0.151. The van der Waals surface area contributed by atoms with E-state index in [-0.39, 0.29) is 12.6 Å². The average Bonchev–Trinajstić information content (AvgIpc) is 3.23. The molecule has 2 rings (SSSR count). The van der Waals surface area contributed by atoms with Crippen LogP contribution in [-0.2, 0) is 11.2 Å². The van der Waals surface area contributed by atoms with Crippen molar-refractivity contribution in [2.24, 2.45) is 0 Å². The molecule has 3 nitrogen and oxygen atoms in total. The third-order valence-electron chi connectivity index (χ3n) is 3.89. The molecule has 1 fully saturated rings. The van der Waals surface area contributed by atoms with Crippen molar-refractivity contribution in [3.8, 4) is 0 Å². The molecule has 1 aliphatic carbocycles. The molecule has 0 amide bonds. The summed E-state index contributed by atoms with van der Waals surface area (Å²) in [6, 6.07) is 9.32. The van der Waals surface area contributed by atoms with E-state index in [2.05, 4.69) is 43.0 Å². The Balaban J connectivity index is 2.17. The van der Waals surface area contributed by atoms with Gasteiger partial charge in [-0.15, -0.1) is 0 Å². The summed E-state index contributed by atoms with van der Waals surface area (Å²) in [6.07, 6.45) is 4.27. The lowest BCUT2D eigenvalue weighted by Gasteiger charge is -2.30. The lowest BCUT2D eigenvalue weighted by atomic mass is 10.00. The molecular weight excluding hydrogens is 238 g/mol. The van der Waals surface area contributed by atoms with E-state index in [1.54, 1.807) is 0 Å². The van der Waals surface area contributed by atoms with Crippen molar-refractivity contribution in [3.63, 3.8) is 0 Å². The summed E-state index contributed by atoms with van der Waals surface area (Å²) in [4.78, 5) is 13.2. The predicted octanol–water partition coefficient (Wildman–Crippen LogP) is 3.25. The highest BCUT2D eigenvalue weighted by atomic mass is 16.4. The smallest absolute Gasteiger partial charge is 0.317 e. The highest BCUT2D eigenvalue weighted by molar-refractivity contribution is 5.69. The van der Waals surface area contributed by atoms with Gasteiger partial charge in [0.05, 0.1) is 6.54 Å². The predicted molar refractivity (Wildman–Crippen MR) is 76.2 cm³/mol. The van der Waals surface area contributed by atoms with Gasteiger partial charge in [-0.3, -0.25) is 9.69 Å². The van der Waals surface area contributed by atoms with Gasteiger partial charge in [0, 0.05) is 12.1 Å². The molecule has 1 aliphatic rings. The fourth-order valence-corrected chi connectivity index (χ4v) is 2.69. The minimum Gasteiger partial charge on any atom is -0.480 e. The van der Waals surface area contributed by atoms with Gasteiger partial charge in [-0.2, -0.15) is 0 Å². The number of hydrogen-bond acceptors (Lipinski definition) is 2. The summed E-state index contributed by atoms with van der Waals surface area (Å²) in [5, 5.41) is 9.09. The number of carboxylic acid groups (broad SMARTS) is 1. The van der Waals surface area contributed by atoms with Crippen molar-refractivity contribution < 1.29 is 9.90 Å². The Bertz CT molecular complexity index is 423. The van der Waals surface area contributed by atoms with Crippen LogP contribution in [0.3, 0.4) is 0 Å². The van der Waals surface area contributed by atoms with Crippen molar-refractivity contribution in [2.75, 3.05) is 6.54 Å². The van der Waals surface area contributed by atoms with Gasteiger partial charge in [-0.25, -0.2) is 0 Å². The van der Waals surface area contributed by atoms with Crippen molar-refractivity contribution in [1.29, 1.82) is 0 Å². The molecule has 1 aromatic carbocycles. The van der Waals surface area contributed by atoms with Crippen LogP contribution >= 0.6 is 0 Å². The van der Waals surface area contributed by atoms with Crippen LogP contribution in [0.2, 0.25) is 0 Å². The topological polar surface area (TPSA) is 40.5 Å². The Hall–Kier alpha value is -1.35. The molecule has 1 aromatic rings. The summed E-state index contributed by atoms with van der Waals surface area (Å²) in [7, 11) is 0. The van der Waals surface area contributed by atoms with Crippen LogP contribution in [0.4, 0.5) is 0 Å². The number of aliphatic carboxylic acids is 1. The molecule has 1 saturated carbocycles. The largest absolute Gasteiger partial charge is 0.480 e. The van der Waals surface area contributed by atoms with E-state index in [1.807, 2.05) is 0 Å². The molecule has 1 unspecified atom stereocenters. The van der Waals surface area contributed by atoms with Crippen molar-refractivity contribution in [1.82, 2.24) is 4.90 Å². The van der Waals surface area contributed by atoms with E-state index in [4.69, 9.17) is 5.11 Å². The Morgan fingerprint density at radius 1 is 1.32 bits per heavy atom.